The third kappa shape index (κ3) is 3.95. The quantitative estimate of drug-likeness (QED) is 0.639. The molecule has 5 heteroatoms. The lowest BCUT2D eigenvalue weighted by Crippen LogP contribution is -2.60. The van der Waals surface area contributed by atoms with E-state index in [2.05, 4.69) is 18.5 Å². The fourth-order valence-electron chi connectivity index (χ4n) is 3.87. The van der Waals surface area contributed by atoms with Gasteiger partial charge in [0.25, 0.3) is 0 Å². The Morgan fingerprint density at radius 1 is 1.26 bits per heavy atom. The minimum Gasteiger partial charge on any atom is -0.444 e. The van der Waals surface area contributed by atoms with Crippen molar-refractivity contribution in [2.45, 2.75) is 76.1 Å². The van der Waals surface area contributed by atoms with Crippen molar-refractivity contribution in [1.82, 2.24) is 10.2 Å². The molecule has 128 valence electrons. The number of nitrogens with one attached hydrogen (secondary N) is 1. The Labute approximate surface area is 138 Å². The zero-order valence-electron chi connectivity index (χ0n) is 14.4. The van der Waals surface area contributed by atoms with Crippen molar-refractivity contribution < 1.29 is 14.3 Å². The highest BCUT2D eigenvalue weighted by Gasteiger charge is 2.50. The van der Waals surface area contributed by atoms with Crippen LogP contribution in [-0.4, -0.2) is 40.1 Å². The van der Waals surface area contributed by atoms with Gasteiger partial charge in [0.05, 0.1) is 0 Å². The summed E-state index contributed by atoms with van der Waals surface area (Å²) in [5, 5.41) is 3.08. The van der Waals surface area contributed by atoms with Crippen LogP contribution in [0.1, 0.15) is 52.9 Å². The lowest BCUT2D eigenvalue weighted by atomic mass is 9.80. The van der Waals surface area contributed by atoms with Crippen LogP contribution in [0.25, 0.3) is 0 Å². The molecule has 0 aromatic carbocycles. The first-order valence-electron chi connectivity index (χ1n) is 8.26. The van der Waals surface area contributed by atoms with Crippen LogP contribution < -0.4 is 5.32 Å². The van der Waals surface area contributed by atoms with Gasteiger partial charge < -0.3 is 15.0 Å². The molecule has 2 unspecified atom stereocenters. The summed E-state index contributed by atoms with van der Waals surface area (Å²) in [6.45, 7) is 13.0. The van der Waals surface area contributed by atoms with Crippen molar-refractivity contribution in [2.75, 3.05) is 0 Å². The minimum absolute atomic E-state index is 0.105. The van der Waals surface area contributed by atoms with E-state index in [-0.39, 0.29) is 29.6 Å². The van der Waals surface area contributed by atoms with Crippen LogP contribution in [0.4, 0.5) is 4.79 Å². The summed E-state index contributed by atoms with van der Waals surface area (Å²) in [6.07, 6.45) is 6.95. The standard InChI is InChI=1S/C18H28N2O3/c1-6-10-18(19-15(21)7-2)11-13-8-9-14(12-18)20(13)16(22)23-17(3,4)5/h6-7,13-14H,1-2,8-12H2,3-5H3,(H,19,21). The highest BCUT2D eigenvalue weighted by Crippen LogP contribution is 2.43. The van der Waals surface area contributed by atoms with Gasteiger partial charge in [-0.3, -0.25) is 4.79 Å². The molecular weight excluding hydrogens is 292 g/mol. The molecule has 0 saturated carbocycles. The third-order valence-corrected chi connectivity index (χ3v) is 4.59. The SMILES string of the molecule is C=CCC1(NC(=O)C=C)CC2CCC(C1)N2C(=O)OC(C)(C)C. The number of hydrogen-bond donors (Lipinski definition) is 1. The molecule has 2 aliphatic rings. The maximum Gasteiger partial charge on any atom is 0.410 e. The van der Waals surface area contributed by atoms with Crippen LogP contribution in [0.3, 0.4) is 0 Å². The van der Waals surface area contributed by atoms with E-state index in [0.29, 0.717) is 6.42 Å². The fraction of sp³-hybridized carbons (Fsp3) is 0.667. The van der Waals surface area contributed by atoms with Gasteiger partial charge in [0.15, 0.2) is 0 Å². The molecule has 0 aromatic rings. The number of carbonyl (C=O) groups excluding carboxylic acids is 2. The maximum absolute atomic E-state index is 12.5. The van der Waals surface area contributed by atoms with E-state index in [4.69, 9.17) is 4.74 Å². The van der Waals surface area contributed by atoms with Crippen molar-refractivity contribution in [3.63, 3.8) is 0 Å². The van der Waals surface area contributed by atoms with E-state index in [1.165, 1.54) is 6.08 Å². The molecule has 2 amide bonds. The first-order chi connectivity index (χ1) is 10.7. The van der Waals surface area contributed by atoms with Crippen LogP contribution in [0.15, 0.2) is 25.3 Å². The predicted molar refractivity (Wildman–Crippen MR) is 90.0 cm³/mol. The van der Waals surface area contributed by atoms with E-state index in [1.54, 1.807) is 0 Å². The highest BCUT2D eigenvalue weighted by atomic mass is 16.6. The number of piperidine rings is 1. The topological polar surface area (TPSA) is 58.6 Å². The summed E-state index contributed by atoms with van der Waals surface area (Å²) in [6, 6.07) is 0.210. The first-order valence-corrected chi connectivity index (χ1v) is 8.26. The molecule has 2 heterocycles. The van der Waals surface area contributed by atoms with Crippen molar-refractivity contribution in [3.05, 3.63) is 25.3 Å². The number of hydrogen-bond acceptors (Lipinski definition) is 3. The van der Waals surface area contributed by atoms with Gasteiger partial charge in [0.1, 0.15) is 5.60 Å². The molecule has 2 aliphatic heterocycles. The lowest BCUT2D eigenvalue weighted by molar-refractivity contribution is -0.119. The summed E-state index contributed by atoms with van der Waals surface area (Å²) < 4.78 is 5.55. The zero-order valence-corrected chi connectivity index (χ0v) is 14.4. The number of ether oxygens (including phenoxy) is 1. The zero-order chi connectivity index (χ0) is 17.3. The maximum atomic E-state index is 12.5. The molecular formula is C18H28N2O3. The largest absolute Gasteiger partial charge is 0.444 e. The number of rotatable bonds is 4. The predicted octanol–water partition coefficient (Wildman–Crippen LogP) is 3.17. The van der Waals surface area contributed by atoms with Crippen LogP contribution in [0.2, 0.25) is 0 Å². The molecule has 2 rings (SSSR count). The van der Waals surface area contributed by atoms with Crippen LogP contribution >= 0.6 is 0 Å². The van der Waals surface area contributed by atoms with Crippen LogP contribution in [0, 0.1) is 0 Å². The molecule has 2 bridgehead atoms. The molecule has 5 nitrogen and oxygen atoms in total. The van der Waals surface area contributed by atoms with Gasteiger partial charge in [0, 0.05) is 17.6 Å². The lowest BCUT2D eigenvalue weighted by Gasteiger charge is -2.46. The Bertz CT molecular complexity index is 493. The van der Waals surface area contributed by atoms with E-state index < -0.39 is 5.60 Å². The van der Waals surface area contributed by atoms with Gasteiger partial charge in [-0.2, -0.15) is 0 Å². The molecule has 2 fully saturated rings. The molecule has 0 aliphatic carbocycles. The van der Waals surface area contributed by atoms with Crippen molar-refractivity contribution in [3.8, 4) is 0 Å². The average Bonchev–Trinajstić information content (AvgIpc) is 2.70. The van der Waals surface area contributed by atoms with Crippen molar-refractivity contribution in [2.24, 2.45) is 0 Å². The smallest absolute Gasteiger partial charge is 0.410 e. The molecule has 0 radical (unpaired) electrons. The van der Waals surface area contributed by atoms with Crippen molar-refractivity contribution in [1.29, 1.82) is 0 Å². The normalized spacial score (nSPS) is 29.8. The van der Waals surface area contributed by atoms with Crippen LogP contribution in [0.5, 0.6) is 0 Å². The second-order valence-electron chi connectivity index (χ2n) is 7.65. The fourth-order valence-corrected chi connectivity index (χ4v) is 3.87. The number of carbonyl (C=O) groups is 2. The van der Waals surface area contributed by atoms with Crippen LogP contribution in [-0.2, 0) is 9.53 Å². The van der Waals surface area contributed by atoms with E-state index in [9.17, 15) is 9.59 Å². The van der Waals surface area contributed by atoms with Gasteiger partial charge >= 0.3 is 6.09 Å². The highest BCUT2D eigenvalue weighted by molar-refractivity contribution is 5.87. The summed E-state index contributed by atoms with van der Waals surface area (Å²) in [7, 11) is 0. The summed E-state index contributed by atoms with van der Waals surface area (Å²) >= 11 is 0. The molecule has 0 spiro atoms. The monoisotopic (exact) mass is 320 g/mol. The summed E-state index contributed by atoms with van der Waals surface area (Å²) in [4.78, 5) is 26.2. The molecule has 23 heavy (non-hydrogen) atoms. The molecule has 1 N–H and O–H groups in total. The Morgan fingerprint density at radius 2 is 1.83 bits per heavy atom. The van der Waals surface area contributed by atoms with Gasteiger partial charge in [-0.25, -0.2) is 4.79 Å². The summed E-state index contributed by atoms with van der Waals surface area (Å²) in [5.41, 5.74) is -0.833. The number of amides is 2. The minimum atomic E-state index is -0.497. The van der Waals surface area contributed by atoms with Crippen molar-refractivity contribution >= 4 is 12.0 Å². The number of fused-ring (bicyclic) bond motifs is 2. The van der Waals surface area contributed by atoms with Gasteiger partial charge in [0.2, 0.25) is 5.91 Å². The molecule has 2 saturated heterocycles. The average molecular weight is 320 g/mol. The Kier molecular flexibility index (Phi) is 4.87. The Balaban J connectivity index is 2.16. The second-order valence-corrected chi connectivity index (χ2v) is 7.65. The second kappa shape index (κ2) is 6.38. The first kappa shape index (κ1) is 17.6. The van der Waals surface area contributed by atoms with E-state index in [0.717, 1.165) is 25.7 Å². The van der Waals surface area contributed by atoms with Gasteiger partial charge in [-0.05, 0) is 59.0 Å². The van der Waals surface area contributed by atoms with Gasteiger partial charge in [-0.15, -0.1) is 6.58 Å². The molecule has 2 atom stereocenters. The van der Waals surface area contributed by atoms with E-state index in [1.807, 2.05) is 31.7 Å². The Hall–Kier alpha value is -1.78. The number of nitrogens with zero attached hydrogens (tertiary/aromatic N) is 1. The van der Waals surface area contributed by atoms with Gasteiger partial charge in [-0.1, -0.05) is 12.7 Å². The summed E-state index contributed by atoms with van der Waals surface area (Å²) in [5.74, 6) is -0.169. The van der Waals surface area contributed by atoms with E-state index >= 15 is 0 Å². The third-order valence-electron chi connectivity index (χ3n) is 4.59. The Morgan fingerprint density at radius 3 is 2.26 bits per heavy atom. The molecule has 0 aromatic heterocycles.